The van der Waals surface area contributed by atoms with Gasteiger partial charge in [0.05, 0.1) is 58.5 Å². The van der Waals surface area contributed by atoms with E-state index in [1.165, 1.54) is 0 Å². The number of hydrogen-bond donors (Lipinski definition) is 2. The first kappa shape index (κ1) is 30.0. The molecule has 4 aliphatic heterocycles. The summed E-state index contributed by atoms with van der Waals surface area (Å²) in [4.78, 5) is 0.361. The number of ether oxygens (including phenoxy) is 4. The van der Waals surface area contributed by atoms with Gasteiger partial charge in [-0.05, 0) is 119 Å². The third-order valence-corrected chi connectivity index (χ3v) is 11.4. The second-order valence-electron chi connectivity index (χ2n) is 14.0. The number of rotatable bonds is 6. The minimum atomic E-state index is -0.903. The van der Waals surface area contributed by atoms with E-state index in [1.807, 2.05) is 6.92 Å². The maximum Gasteiger partial charge on any atom is 0.0924 e. The summed E-state index contributed by atoms with van der Waals surface area (Å²) in [5.41, 5.74) is -1.19. The van der Waals surface area contributed by atoms with Crippen molar-refractivity contribution >= 4 is 15.9 Å². The Balaban J connectivity index is 1.34. The third kappa shape index (κ3) is 6.18. The SMILES string of the molecule is C/C(=C\C[C@@H](O)[C@]1(C)CC[C@@H](C(C)(C)O)O1)[C@@H]1CC[C@@H]2O[C@H]([C@@]3(C)CC[C@H](Br)C(C)(C)O3)CC[C@]2(C)O1. The number of fused-ring (bicyclic) bond motifs is 1. The quantitative estimate of drug-likeness (QED) is 0.294. The van der Waals surface area contributed by atoms with Crippen LogP contribution in [0.3, 0.4) is 0 Å². The van der Waals surface area contributed by atoms with Crippen LogP contribution in [0.4, 0.5) is 0 Å². The summed E-state index contributed by atoms with van der Waals surface area (Å²) >= 11 is 3.80. The molecule has 0 unspecified atom stereocenters. The normalized spacial score (nSPS) is 45.9. The summed E-state index contributed by atoms with van der Waals surface area (Å²) in [7, 11) is 0. The van der Waals surface area contributed by atoms with Gasteiger partial charge in [-0.3, -0.25) is 0 Å². The summed E-state index contributed by atoms with van der Waals surface area (Å²) in [6, 6.07) is 0. The van der Waals surface area contributed by atoms with E-state index in [4.69, 9.17) is 18.9 Å². The molecule has 0 radical (unpaired) electrons. The highest BCUT2D eigenvalue weighted by molar-refractivity contribution is 9.09. The van der Waals surface area contributed by atoms with E-state index in [-0.39, 0.29) is 41.2 Å². The van der Waals surface area contributed by atoms with Crippen molar-refractivity contribution in [2.75, 3.05) is 0 Å². The molecule has 0 spiro atoms. The summed E-state index contributed by atoms with van der Waals surface area (Å²) in [5, 5.41) is 21.3. The molecular weight excluding hydrogens is 536 g/mol. The molecule has 0 saturated carbocycles. The molecule has 0 aliphatic carbocycles. The van der Waals surface area contributed by atoms with E-state index in [1.54, 1.807) is 13.8 Å². The molecule has 9 atom stereocenters. The van der Waals surface area contributed by atoms with Gasteiger partial charge in [0, 0.05) is 4.83 Å². The van der Waals surface area contributed by atoms with E-state index < -0.39 is 17.3 Å². The van der Waals surface area contributed by atoms with E-state index in [2.05, 4.69) is 56.6 Å². The molecule has 4 fully saturated rings. The third-order valence-electron chi connectivity index (χ3n) is 9.82. The zero-order valence-electron chi connectivity index (χ0n) is 24.3. The van der Waals surface area contributed by atoms with Crippen molar-refractivity contribution in [3.05, 3.63) is 11.6 Å². The van der Waals surface area contributed by atoms with E-state index in [0.717, 1.165) is 56.9 Å². The van der Waals surface area contributed by atoms with E-state index >= 15 is 0 Å². The number of hydrogen-bond acceptors (Lipinski definition) is 6. The van der Waals surface area contributed by atoms with Gasteiger partial charge in [-0.15, -0.1) is 0 Å². The predicted octanol–water partition coefficient (Wildman–Crippen LogP) is 5.99. The first-order chi connectivity index (χ1) is 17.0. The van der Waals surface area contributed by atoms with Gasteiger partial charge < -0.3 is 29.2 Å². The molecule has 37 heavy (non-hydrogen) atoms. The monoisotopic (exact) mass is 586 g/mol. The van der Waals surface area contributed by atoms with E-state index in [9.17, 15) is 10.2 Å². The Kier molecular flexibility index (Phi) is 8.44. The molecule has 2 N–H and O–H groups in total. The van der Waals surface area contributed by atoms with Gasteiger partial charge in [0.15, 0.2) is 0 Å². The lowest BCUT2D eigenvalue weighted by Crippen LogP contribution is -2.62. The first-order valence-electron chi connectivity index (χ1n) is 14.4. The molecule has 6 nitrogen and oxygen atoms in total. The van der Waals surface area contributed by atoms with Crippen molar-refractivity contribution in [2.24, 2.45) is 0 Å². The molecule has 7 heteroatoms. The van der Waals surface area contributed by atoms with Crippen LogP contribution in [0, 0.1) is 0 Å². The highest BCUT2D eigenvalue weighted by Crippen LogP contribution is 2.48. The molecule has 0 aromatic carbocycles. The molecule has 4 heterocycles. The smallest absolute Gasteiger partial charge is 0.0924 e. The predicted molar refractivity (Wildman–Crippen MR) is 149 cm³/mol. The number of alkyl halides is 1. The van der Waals surface area contributed by atoms with Crippen molar-refractivity contribution in [1.29, 1.82) is 0 Å². The zero-order chi connectivity index (χ0) is 27.4. The molecule has 0 bridgehead atoms. The number of halogens is 1. The highest BCUT2D eigenvalue weighted by atomic mass is 79.9. The largest absolute Gasteiger partial charge is 0.390 e. The summed E-state index contributed by atoms with van der Waals surface area (Å²) in [6.07, 6.45) is 9.26. The van der Waals surface area contributed by atoms with Crippen LogP contribution in [0.15, 0.2) is 11.6 Å². The molecule has 214 valence electrons. The van der Waals surface area contributed by atoms with Crippen LogP contribution in [0.2, 0.25) is 0 Å². The van der Waals surface area contributed by atoms with Crippen LogP contribution < -0.4 is 0 Å². The van der Waals surface area contributed by atoms with Crippen LogP contribution in [0.5, 0.6) is 0 Å². The Morgan fingerprint density at radius 3 is 2.22 bits per heavy atom. The van der Waals surface area contributed by atoms with Crippen LogP contribution in [0.1, 0.15) is 113 Å². The molecule has 4 aliphatic rings. The lowest BCUT2D eigenvalue weighted by Gasteiger charge is -2.55. The van der Waals surface area contributed by atoms with Crippen molar-refractivity contribution in [1.82, 2.24) is 0 Å². The van der Waals surface area contributed by atoms with Crippen LogP contribution in [-0.2, 0) is 18.9 Å². The molecular formula is C30H51BrO6. The summed E-state index contributed by atoms with van der Waals surface area (Å²) < 4.78 is 26.3. The minimum Gasteiger partial charge on any atom is -0.390 e. The van der Waals surface area contributed by atoms with Crippen LogP contribution in [0.25, 0.3) is 0 Å². The van der Waals surface area contributed by atoms with Crippen molar-refractivity contribution in [3.8, 4) is 0 Å². The van der Waals surface area contributed by atoms with Crippen LogP contribution >= 0.6 is 15.9 Å². The van der Waals surface area contributed by atoms with Crippen molar-refractivity contribution in [2.45, 2.75) is 177 Å². The molecule has 4 rings (SSSR count). The summed E-state index contributed by atoms with van der Waals surface area (Å²) in [5.74, 6) is 0. The van der Waals surface area contributed by atoms with Gasteiger partial charge >= 0.3 is 0 Å². The molecule has 0 amide bonds. The molecule has 4 saturated heterocycles. The van der Waals surface area contributed by atoms with Gasteiger partial charge in [0.2, 0.25) is 0 Å². The Labute approximate surface area is 233 Å². The first-order valence-corrected chi connectivity index (χ1v) is 15.3. The maximum absolute atomic E-state index is 11.0. The fraction of sp³-hybridized carbons (Fsp3) is 0.933. The van der Waals surface area contributed by atoms with Crippen molar-refractivity contribution < 1.29 is 29.2 Å². The van der Waals surface area contributed by atoms with Crippen LogP contribution in [-0.4, -0.2) is 73.6 Å². The molecule has 0 aromatic rings. The second kappa shape index (κ2) is 10.4. The Morgan fingerprint density at radius 1 is 0.946 bits per heavy atom. The Hall–Kier alpha value is -0.0200. The second-order valence-corrected chi connectivity index (χ2v) is 15.1. The minimum absolute atomic E-state index is 0.0321. The lowest BCUT2D eigenvalue weighted by atomic mass is 9.76. The lowest BCUT2D eigenvalue weighted by molar-refractivity contribution is -0.284. The van der Waals surface area contributed by atoms with Gasteiger partial charge in [-0.2, -0.15) is 0 Å². The van der Waals surface area contributed by atoms with Crippen molar-refractivity contribution in [3.63, 3.8) is 0 Å². The van der Waals surface area contributed by atoms with Gasteiger partial charge in [-0.1, -0.05) is 22.0 Å². The number of aliphatic hydroxyl groups excluding tert-OH is 1. The fourth-order valence-corrected chi connectivity index (χ4v) is 7.26. The maximum atomic E-state index is 11.0. The Morgan fingerprint density at radius 2 is 1.59 bits per heavy atom. The highest BCUT2D eigenvalue weighted by Gasteiger charge is 2.54. The van der Waals surface area contributed by atoms with Gasteiger partial charge in [0.1, 0.15) is 0 Å². The standard InChI is InChI=1S/C30H51BrO6/c1-19(9-11-22(32)28(6)17-14-23(36-28)26(2,3)33)20-10-12-24-29(7,35-20)18-15-25(34-24)30(8)16-13-21(31)27(4,5)37-30/h9,20-25,32-33H,10-18H2,1-8H3/b19-9+/t20-,21-,22+,23-,24-,25-,28-,29-,30+/m0/s1. The van der Waals surface area contributed by atoms with Gasteiger partial charge in [-0.25, -0.2) is 0 Å². The average molecular weight is 588 g/mol. The fourth-order valence-electron chi connectivity index (χ4n) is 6.94. The molecule has 0 aromatic heterocycles. The number of aliphatic hydroxyl groups is 2. The zero-order valence-corrected chi connectivity index (χ0v) is 25.9. The summed E-state index contributed by atoms with van der Waals surface area (Å²) in [6.45, 7) is 16.4. The Bertz CT molecular complexity index is 853. The topological polar surface area (TPSA) is 77.4 Å². The van der Waals surface area contributed by atoms with Gasteiger partial charge in [0.25, 0.3) is 0 Å². The average Bonchev–Trinajstić information content (AvgIpc) is 3.22. The van der Waals surface area contributed by atoms with E-state index in [0.29, 0.717) is 11.2 Å².